The Labute approximate surface area is 143 Å². The molecule has 0 saturated heterocycles. The van der Waals surface area contributed by atoms with Gasteiger partial charge in [0, 0.05) is 12.7 Å². The number of hydrogen-bond acceptors (Lipinski definition) is 1. The van der Waals surface area contributed by atoms with Crippen LogP contribution in [-0.4, -0.2) is 7.05 Å². The highest BCUT2D eigenvalue weighted by molar-refractivity contribution is 5.50. The van der Waals surface area contributed by atoms with Crippen molar-refractivity contribution in [2.45, 2.75) is 41.0 Å². The zero-order chi connectivity index (χ0) is 17.7. The van der Waals surface area contributed by atoms with Crippen molar-refractivity contribution in [1.29, 1.82) is 0 Å². The summed E-state index contributed by atoms with van der Waals surface area (Å²) in [6, 6.07) is 16.8. The Bertz CT molecular complexity index is 555. The summed E-state index contributed by atoms with van der Waals surface area (Å²) in [6.07, 6.45) is 3.03. The van der Waals surface area contributed by atoms with Gasteiger partial charge in [0.25, 0.3) is 0 Å². The van der Waals surface area contributed by atoms with Crippen LogP contribution in [0.3, 0.4) is 0 Å². The number of nitrogens with one attached hydrogen (secondary N) is 1. The van der Waals surface area contributed by atoms with Crippen molar-refractivity contribution in [2.24, 2.45) is 5.92 Å². The lowest BCUT2D eigenvalue weighted by atomic mass is 10.0. The molecule has 0 saturated carbocycles. The predicted molar refractivity (Wildman–Crippen MR) is 107 cm³/mol. The number of anilines is 1. The van der Waals surface area contributed by atoms with Gasteiger partial charge in [0.05, 0.1) is 0 Å². The molecule has 0 heterocycles. The van der Waals surface area contributed by atoms with Crippen molar-refractivity contribution >= 4 is 11.8 Å². The SMILES string of the molecule is C=Cc1ccccc1C.CC.CNc1cccc(CC(C)C)c1. The molecule has 126 valence electrons. The molecule has 0 aliphatic heterocycles. The maximum atomic E-state index is 3.69. The predicted octanol–water partition coefficient (Wildman–Crippen LogP) is 6.59. The van der Waals surface area contributed by atoms with Gasteiger partial charge in [-0.2, -0.15) is 0 Å². The quantitative estimate of drug-likeness (QED) is 0.671. The second-order valence-electron chi connectivity index (χ2n) is 5.61. The zero-order valence-electron chi connectivity index (χ0n) is 15.7. The van der Waals surface area contributed by atoms with Crippen LogP contribution in [0, 0.1) is 12.8 Å². The summed E-state index contributed by atoms with van der Waals surface area (Å²) in [6.45, 7) is 14.3. The Hall–Kier alpha value is -2.02. The summed E-state index contributed by atoms with van der Waals surface area (Å²) in [5, 5.41) is 3.14. The van der Waals surface area contributed by atoms with E-state index in [0.717, 1.165) is 12.3 Å². The van der Waals surface area contributed by atoms with Gasteiger partial charge in [0.1, 0.15) is 0 Å². The van der Waals surface area contributed by atoms with Crippen molar-refractivity contribution in [1.82, 2.24) is 0 Å². The van der Waals surface area contributed by atoms with E-state index in [1.807, 2.05) is 39.1 Å². The molecule has 23 heavy (non-hydrogen) atoms. The molecular formula is C22H33N. The fourth-order valence-corrected chi connectivity index (χ4v) is 2.14. The van der Waals surface area contributed by atoms with Gasteiger partial charge in [-0.25, -0.2) is 0 Å². The van der Waals surface area contributed by atoms with Gasteiger partial charge < -0.3 is 5.32 Å². The number of hydrogen-bond donors (Lipinski definition) is 1. The first-order valence-electron chi connectivity index (χ1n) is 8.51. The van der Waals surface area contributed by atoms with Crippen molar-refractivity contribution in [3.05, 3.63) is 71.8 Å². The minimum Gasteiger partial charge on any atom is -0.388 e. The van der Waals surface area contributed by atoms with Crippen LogP contribution in [0.2, 0.25) is 0 Å². The lowest BCUT2D eigenvalue weighted by Gasteiger charge is -2.06. The molecule has 1 N–H and O–H groups in total. The average molecular weight is 312 g/mol. The highest BCUT2D eigenvalue weighted by Crippen LogP contribution is 2.13. The van der Waals surface area contributed by atoms with Crippen molar-refractivity contribution < 1.29 is 0 Å². The molecule has 0 unspecified atom stereocenters. The molecule has 2 aromatic rings. The average Bonchev–Trinajstić information content (AvgIpc) is 2.57. The molecule has 0 fully saturated rings. The van der Waals surface area contributed by atoms with E-state index in [-0.39, 0.29) is 0 Å². The van der Waals surface area contributed by atoms with Crippen LogP contribution < -0.4 is 5.32 Å². The molecule has 0 aromatic heterocycles. The van der Waals surface area contributed by atoms with Gasteiger partial charge in [0.2, 0.25) is 0 Å². The summed E-state index contributed by atoms with van der Waals surface area (Å²) < 4.78 is 0. The maximum absolute atomic E-state index is 3.69. The first kappa shape index (κ1) is 21.0. The van der Waals surface area contributed by atoms with E-state index in [0.29, 0.717) is 0 Å². The van der Waals surface area contributed by atoms with E-state index in [9.17, 15) is 0 Å². The Morgan fingerprint density at radius 1 is 1.04 bits per heavy atom. The Balaban J connectivity index is 0.000000392. The highest BCUT2D eigenvalue weighted by Gasteiger charge is 1.97. The van der Waals surface area contributed by atoms with Gasteiger partial charge in [-0.05, 0) is 48.1 Å². The monoisotopic (exact) mass is 311 g/mol. The van der Waals surface area contributed by atoms with Crippen molar-refractivity contribution in [3.8, 4) is 0 Å². The highest BCUT2D eigenvalue weighted by atomic mass is 14.8. The maximum Gasteiger partial charge on any atom is 0.0340 e. The van der Waals surface area contributed by atoms with E-state index in [2.05, 4.69) is 69.1 Å². The van der Waals surface area contributed by atoms with Crippen LogP contribution in [0.5, 0.6) is 0 Å². The lowest BCUT2D eigenvalue weighted by Crippen LogP contribution is -1.95. The van der Waals surface area contributed by atoms with Gasteiger partial charge in [-0.15, -0.1) is 0 Å². The van der Waals surface area contributed by atoms with Crippen molar-refractivity contribution in [2.75, 3.05) is 12.4 Å². The standard InChI is InChI=1S/C11H17N.C9H10.C2H6/c1-9(2)7-10-5-4-6-11(8-10)12-3;1-3-9-7-5-4-6-8(9)2;1-2/h4-6,8-9,12H,7H2,1-3H3;3-7H,1H2,2H3;1-2H3. The molecular weight excluding hydrogens is 278 g/mol. The Morgan fingerprint density at radius 3 is 2.17 bits per heavy atom. The molecule has 0 atom stereocenters. The number of aryl methyl sites for hydroxylation is 1. The van der Waals surface area contributed by atoms with Crippen LogP contribution in [-0.2, 0) is 6.42 Å². The molecule has 0 aliphatic carbocycles. The van der Waals surface area contributed by atoms with Crippen LogP contribution in [0.4, 0.5) is 5.69 Å². The largest absolute Gasteiger partial charge is 0.388 e. The molecule has 0 spiro atoms. The molecule has 0 amide bonds. The smallest absolute Gasteiger partial charge is 0.0340 e. The number of rotatable bonds is 4. The molecule has 1 nitrogen and oxygen atoms in total. The second-order valence-corrected chi connectivity index (χ2v) is 5.61. The first-order valence-corrected chi connectivity index (χ1v) is 8.51. The number of benzene rings is 2. The molecule has 2 aromatic carbocycles. The Kier molecular flexibility index (Phi) is 11.4. The minimum atomic E-state index is 0.733. The summed E-state index contributed by atoms with van der Waals surface area (Å²) in [4.78, 5) is 0. The Morgan fingerprint density at radius 2 is 1.70 bits per heavy atom. The summed E-state index contributed by atoms with van der Waals surface area (Å²) in [5.74, 6) is 0.733. The molecule has 0 bridgehead atoms. The molecule has 2 rings (SSSR count). The third-order valence-corrected chi connectivity index (χ3v) is 3.27. The lowest BCUT2D eigenvalue weighted by molar-refractivity contribution is 0.647. The van der Waals surface area contributed by atoms with Gasteiger partial charge in [0.15, 0.2) is 0 Å². The van der Waals surface area contributed by atoms with E-state index in [4.69, 9.17) is 0 Å². The fraction of sp³-hybridized carbons (Fsp3) is 0.364. The topological polar surface area (TPSA) is 12.0 Å². The van der Waals surface area contributed by atoms with Crippen LogP contribution in [0.1, 0.15) is 44.4 Å². The van der Waals surface area contributed by atoms with Crippen LogP contribution >= 0.6 is 0 Å². The first-order chi connectivity index (χ1) is 11.1. The van der Waals surface area contributed by atoms with E-state index < -0.39 is 0 Å². The zero-order valence-corrected chi connectivity index (χ0v) is 15.7. The van der Waals surface area contributed by atoms with Gasteiger partial charge in [-0.3, -0.25) is 0 Å². The molecule has 0 radical (unpaired) electrons. The van der Waals surface area contributed by atoms with Gasteiger partial charge >= 0.3 is 0 Å². The van der Waals surface area contributed by atoms with Gasteiger partial charge in [-0.1, -0.05) is 76.7 Å². The summed E-state index contributed by atoms with van der Waals surface area (Å²) >= 11 is 0. The second kappa shape index (κ2) is 12.5. The minimum absolute atomic E-state index is 0.733. The summed E-state index contributed by atoms with van der Waals surface area (Å²) in [5.41, 5.74) is 5.12. The van der Waals surface area contributed by atoms with Crippen LogP contribution in [0.15, 0.2) is 55.1 Å². The third-order valence-electron chi connectivity index (χ3n) is 3.27. The normalized spacial score (nSPS) is 9.17. The van der Waals surface area contributed by atoms with E-state index in [1.165, 1.54) is 22.4 Å². The summed E-state index contributed by atoms with van der Waals surface area (Å²) in [7, 11) is 1.95. The molecule has 0 aliphatic rings. The fourth-order valence-electron chi connectivity index (χ4n) is 2.14. The van der Waals surface area contributed by atoms with E-state index >= 15 is 0 Å². The van der Waals surface area contributed by atoms with E-state index in [1.54, 1.807) is 0 Å². The van der Waals surface area contributed by atoms with Crippen LogP contribution in [0.25, 0.3) is 6.08 Å². The van der Waals surface area contributed by atoms with Crippen molar-refractivity contribution in [3.63, 3.8) is 0 Å². The molecule has 1 heteroatoms. The third kappa shape index (κ3) is 8.87.